The van der Waals surface area contributed by atoms with E-state index in [0.717, 1.165) is 11.1 Å². The van der Waals surface area contributed by atoms with Crippen molar-refractivity contribution in [3.8, 4) is 6.07 Å². The molecule has 0 saturated heterocycles. The Morgan fingerprint density at radius 1 is 1.38 bits per heavy atom. The van der Waals surface area contributed by atoms with E-state index < -0.39 is 0 Å². The fourth-order valence-corrected chi connectivity index (χ4v) is 1.29. The summed E-state index contributed by atoms with van der Waals surface area (Å²) < 4.78 is 0. The van der Waals surface area contributed by atoms with E-state index in [-0.39, 0.29) is 5.78 Å². The number of nitriles is 1. The molecule has 0 fully saturated rings. The van der Waals surface area contributed by atoms with Crippen LogP contribution in [0.15, 0.2) is 12.1 Å². The summed E-state index contributed by atoms with van der Waals surface area (Å²) in [6.45, 7) is 5.32. The van der Waals surface area contributed by atoms with Gasteiger partial charge in [-0.3, -0.25) is 4.79 Å². The van der Waals surface area contributed by atoms with Gasteiger partial charge in [0.2, 0.25) is 0 Å². The topological polar surface area (TPSA) is 40.9 Å². The van der Waals surface area contributed by atoms with Crippen LogP contribution in [0, 0.1) is 25.2 Å². The van der Waals surface area contributed by atoms with Gasteiger partial charge in [0.1, 0.15) is 0 Å². The Morgan fingerprint density at radius 2 is 2.00 bits per heavy atom. The predicted molar refractivity (Wildman–Crippen MR) is 50.6 cm³/mol. The molecule has 2 nitrogen and oxygen atoms in total. The monoisotopic (exact) mass is 173 g/mol. The molecule has 0 heterocycles. The van der Waals surface area contributed by atoms with E-state index in [4.69, 9.17) is 5.26 Å². The lowest BCUT2D eigenvalue weighted by atomic mass is 9.98. The maximum absolute atomic E-state index is 11.2. The molecule has 0 N–H and O–H groups in total. The van der Waals surface area contributed by atoms with Crippen LogP contribution < -0.4 is 0 Å². The summed E-state index contributed by atoms with van der Waals surface area (Å²) in [7, 11) is 0. The molecule has 66 valence electrons. The van der Waals surface area contributed by atoms with Crippen LogP contribution in [0.25, 0.3) is 0 Å². The first-order valence-corrected chi connectivity index (χ1v) is 4.08. The number of aryl methyl sites for hydroxylation is 1. The van der Waals surface area contributed by atoms with Crippen molar-refractivity contribution in [3.05, 3.63) is 34.4 Å². The largest absolute Gasteiger partial charge is 0.295 e. The number of rotatable bonds is 1. The molecule has 2 heteroatoms. The highest BCUT2D eigenvalue weighted by atomic mass is 16.1. The maximum Gasteiger partial charge on any atom is 0.160 e. The highest BCUT2D eigenvalue weighted by molar-refractivity contribution is 5.96. The van der Waals surface area contributed by atoms with Gasteiger partial charge in [0.05, 0.1) is 11.6 Å². The average molecular weight is 173 g/mol. The van der Waals surface area contributed by atoms with Gasteiger partial charge in [-0.05, 0) is 44.0 Å². The number of hydrogen-bond acceptors (Lipinski definition) is 2. The molecule has 0 aliphatic heterocycles. The molecule has 1 aromatic carbocycles. The normalized spacial score (nSPS) is 9.38. The van der Waals surface area contributed by atoms with Crippen molar-refractivity contribution in [1.29, 1.82) is 5.26 Å². The Hall–Kier alpha value is -1.62. The van der Waals surface area contributed by atoms with E-state index in [0.29, 0.717) is 11.1 Å². The van der Waals surface area contributed by atoms with Gasteiger partial charge in [0.25, 0.3) is 0 Å². The third-order valence-electron chi connectivity index (χ3n) is 2.18. The summed E-state index contributed by atoms with van der Waals surface area (Å²) in [5.74, 6) is 0.0118. The lowest BCUT2D eigenvalue weighted by Gasteiger charge is -2.05. The van der Waals surface area contributed by atoms with Crippen LogP contribution in [0.4, 0.5) is 0 Å². The second kappa shape index (κ2) is 3.40. The molecule has 0 aliphatic rings. The van der Waals surface area contributed by atoms with Gasteiger partial charge in [0.15, 0.2) is 5.78 Å². The zero-order chi connectivity index (χ0) is 10.0. The van der Waals surface area contributed by atoms with Gasteiger partial charge in [-0.1, -0.05) is 0 Å². The van der Waals surface area contributed by atoms with E-state index in [1.165, 1.54) is 6.92 Å². The summed E-state index contributed by atoms with van der Waals surface area (Å²) in [6, 6.07) is 5.48. The van der Waals surface area contributed by atoms with Crippen molar-refractivity contribution in [2.45, 2.75) is 20.8 Å². The average Bonchev–Trinajstić information content (AvgIpc) is 2.09. The van der Waals surface area contributed by atoms with E-state index in [9.17, 15) is 4.79 Å². The van der Waals surface area contributed by atoms with Crippen molar-refractivity contribution in [1.82, 2.24) is 0 Å². The Labute approximate surface area is 77.8 Å². The van der Waals surface area contributed by atoms with E-state index in [1.807, 2.05) is 19.9 Å². The van der Waals surface area contributed by atoms with Crippen molar-refractivity contribution in [3.63, 3.8) is 0 Å². The van der Waals surface area contributed by atoms with E-state index in [2.05, 4.69) is 0 Å². The van der Waals surface area contributed by atoms with Crippen LogP contribution in [0.1, 0.15) is 34.0 Å². The molecular formula is C11H11NO. The number of carbonyl (C=O) groups excluding carboxylic acids is 1. The van der Waals surface area contributed by atoms with Crippen molar-refractivity contribution < 1.29 is 4.79 Å². The molecule has 13 heavy (non-hydrogen) atoms. The molecular weight excluding hydrogens is 162 g/mol. The molecule has 0 aliphatic carbocycles. The molecule has 0 aromatic heterocycles. The van der Waals surface area contributed by atoms with Crippen LogP contribution in [0.5, 0.6) is 0 Å². The summed E-state index contributed by atoms with van der Waals surface area (Å²) in [5, 5.41) is 8.70. The van der Waals surface area contributed by atoms with Crippen molar-refractivity contribution in [2.75, 3.05) is 0 Å². The molecule has 0 radical (unpaired) electrons. The highest BCUT2D eigenvalue weighted by Crippen LogP contribution is 2.16. The zero-order valence-corrected chi connectivity index (χ0v) is 8.01. The lowest BCUT2D eigenvalue weighted by Crippen LogP contribution is -1.99. The fourth-order valence-electron chi connectivity index (χ4n) is 1.29. The fraction of sp³-hybridized carbons (Fsp3) is 0.273. The minimum absolute atomic E-state index is 0.0118. The smallest absolute Gasteiger partial charge is 0.160 e. The molecule has 1 aromatic rings. The number of nitrogens with zero attached hydrogens (tertiary/aromatic N) is 1. The van der Waals surface area contributed by atoms with Gasteiger partial charge in [-0.15, -0.1) is 0 Å². The molecule has 0 unspecified atom stereocenters. The first kappa shape index (κ1) is 9.47. The molecule has 0 atom stereocenters. The second-order valence-electron chi connectivity index (χ2n) is 3.13. The van der Waals surface area contributed by atoms with Crippen molar-refractivity contribution >= 4 is 5.78 Å². The maximum atomic E-state index is 11.2. The third kappa shape index (κ3) is 1.75. The summed E-state index contributed by atoms with van der Waals surface area (Å²) >= 11 is 0. The minimum Gasteiger partial charge on any atom is -0.295 e. The molecule has 1 rings (SSSR count). The van der Waals surface area contributed by atoms with Crippen LogP contribution in [0.3, 0.4) is 0 Å². The number of hydrogen-bond donors (Lipinski definition) is 0. The molecule has 0 amide bonds. The number of carbonyl (C=O) groups is 1. The zero-order valence-electron chi connectivity index (χ0n) is 8.01. The van der Waals surface area contributed by atoms with E-state index >= 15 is 0 Å². The second-order valence-corrected chi connectivity index (χ2v) is 3.13. The predicted octanol–water partition coefficient (Wildman–Crippen LogP) is 2.38. The quantitative estimate of drug-likeness (QED) is 0.612. The third-order valence-corrected chi connectivity index (χ3v) is 2.18. The minimum atomic E-state index is 0.0118. The number of benzene rings is 1. The Morgan fingerprint density at radius 3 is 2.46 bits per heavy atom. The van der Waals surface area contributed by atoms with Gasteiger partial charge in [0, 0.05) is 5.56 Å². The first-order valence-electron chi connectivity index (χ1n) is 4.08. The lowest BCUT2D eigenvalue weighted by molar-refractivity contribution is 0.101. The number of ketones is 1. The summed E-state index contributed by atoms with van der Waals surface area (Å²) in [5.41, 5.74) is 3.15. The van der Waals surface area contributed by atoms with Crippen LogP contribution in [-0.2, 0) is 0 Å². The summed E-state index contributed by atoms with van der Waals surface area (Å²) in [6.07, 6.45) is 0. The molecule has 0 bridgehead atoms. The van der Waals surface area contributed by atoms with Gasteiger partial charge < -0.3 is 0 Å². The van der Waals surface area contributed by atoms with Crippen LogP contribution in [0.2, 0.25) is 0 Å². The Balaban J connectivity index is 3.44. The molecule has 0 spiro atoms. The van der Waals surface area contributed by atoms with Crippen molar-refractivity contribution in [2.24, 2.45) is 0 Å². The Kier molecular flexibility index (Phi) is 2.48. The molecule has 0 saturated carbocycles. The first-order chi connectivity index (χ1) is 6.06. The van der Waals surface area contributed by atoms with Gasteiger partial charge >= 0.3 is 0 Å². The standard InChI is InChI=1S/C11H11NO/c1-7-4-10(6-12)5-11(8(7)2)9(3)13/h4-5H,1-3H3. The van der Waals surface area contributed by atoms with Crippen LogP contribution in [-0.4, -0.2) is 5.78 Å². The van der Waals surface area contributed by atoms with E-state index in [1.54, 1.807) is 12.1 Å². The highest BCUT2D eigenvalue weighted by Gasteiger charge is 2.07. The van der Waals surface area contributed by atoms with Gasteiger partial charge in [-0.25, -0.2) is 0 Å². The van der Waals surface area contributed by atoms with Crippen LogP contribution >= 0.6 is 0 Å². The van der Waals surface area contributed by atoms with Gasteiger partial charge in [-0.2, -0.15) is 5.26 Å². The SMILES string of the molecule is CC(=O)c1cc(C#N)cc(C)c1C. The summed E-state index contributed by atoms with van der Waals surface area (Å²) in [4.78, 5) is 11.2. The Bertz CT molecular complexity index is 399. The number of Topliss-reactive ketones (excluding diaryl/α,β-unsaturated/α-hetero) is 1.